The molecule has 2 aromatic carbocycles. The van der Waals surface area contributed by atoms with Crippen molar-refractivity contribution in [2.24, 2.45) is 5.92 Å². The van der Waals surface area contributed by atoms with Gasteiger partial charge in [-0.1, -0.05) is 36.4 Å². The van der Waals surface area contributed by atoms with E-state index in [0.29, 0.717) is 30.2 Å². The minimum Gasteiger partial charge on any atom is -0.469 e. The third-order valence-corrected chi connectivity index (χ3v) is 9.52. The second-order valence-corrected chi connectivity index (χ2v) is 13.2. The van der Waals surface area contributed by atoms with Crippen molar-refractivity contribution in [2.75, 3.05) is 19.9 Å². The predicted molar refractivity (Wildman–Crippen MR) is 156 cm³/mol. The van der Waals surface area contributed by atoms with Crippen LogP contribution < -0.4 is 5.32 Å². The smallest absolute Gasteiger partial charge is 0.305 e. The third-order valence-electron chi connectivity index (χ3n) is 8.39. The van der Waals surface area contributed by atoms with E-state index in [1.807, 2.05) is 24.3 Å². The second kappa shape index (κ2) is 13.2. The highest BCUT2D eigenvalue weighted by atomic mass is 32.2. The van der Waals surface area contributed by atoms with E-state index in [4.69, 9.17) is 13.9 Å². The Hall–Kier alpha value is -3.50. The number of hydrogen-bond donors (Lipinski definition) is 1. The molecule has 4 atom stereocenters. The van der Waals surface area contributed by atoms with Crippen LogP contribution in [-0.2, 0) is 43.4 Å². The van der Waals surface area contributed by atoms with Crippen molar-refractivity contribution in [3.63, 3.8) is 0 Å². The SMILES string of the molecule is COC(=O)CCc1ccccc1C[C@@H]1[C@H](c2nc(C(=O)NCCCCc3ccc(S(C)(=O)=O)cc3)co2)[C@H]2CC[C@@H]1O2. The number of aryl methyl sites for hydroxylation is 2. The first-order valence-electron chi connectivity index (χ1n) is 14.5. The average Bonchev–Trinajstić information content (AvgIpc) is 3.73. The molecule has 5 rings (SSSR count). The van der Waals surface area contributed by atoms with Gasteiger partial charge in [0.1, 0.15) is 6.26 Å². The van der Waals surface area contributed by atoms with Gasteiger partial charge in [-0.05, 0) is 73.8 Å². The van der Waals surface area contributed by atoms with Crippen molar-refractivity contribution in [1.82, 2.24) is 10.3 Å². The van der Waals surface area contributed by atoms with Gasteiger partial charge in [0, 0.05) is 25.1 Å². The van der Waals surface area contributed by atoms with Crippen LogP contribution in [-0.4, -0.2) is 57.4 Å². The first-order valence-corrected chi connectivity index (χ1v) is 16.4. The van der Waals surface area contributed by atoms with Gasteiger partial charge in [-0.3, -0.25) is 9.59 Å². The molecule has 0 unspecified atom stereocenters. The summed E-state index contributed by atoms with van der Waals surface area (Å²) in [6.45, 7) is 0.505. The first-order chi connectivity index (χ1) is 20.2. The third kappa shape index (κ3) is 7.10. The summed E-state index contributed by atoms with van der Waals surface area (Å²) in [5.74, 6) is 0.188. The molecule has 1 aromatic heterocycles. The fraction of sp³-hybridized carbons (Fsp3) is 0.469. The summed E-state index contributed by atoms with van der Waals surface area (Å²) < 4.78 is 40.2. The normalized spacial score (nSPS) is 21.4. The Balaban J connectivity index is 1.15. The fourth-order valence-corrected chi connectivity index (χ4v) is 6.79. The van der Waals surface area contributed by atoms with Gasteiger partial charge in [0.2, 0.25) is 5.89 Å². The molecule has 0 radical (unpaired) electrons. The predicted octanol–water partition coefficient (Wildman–Crippen LogP) is 4.44. The highest BCUT2D eigenvalue weighted by molar-refractivity contribution is 7.90. The number of ether oxygens (including phenoxy) is 2. The number of nitrogens with zero attached hydrogens (tertiary/aromatic N) is 1. The number of carbonyl (C=O) groups is 2. The summed E-state index contributed by atoms with van der Waals surface area (Å²) in [7, 11) is -1.79. The number of fused-ring (bicyclic) bond motifs is 2. The van der Waals surface area contributed by atoms with Crippen molar-refractivity contribution in [2.45, 2.75) is 74.4 Å². The van der Waals surface area contributed by atoms with Gasteiger partial charge in [0.05, 0.1) is 30.1 Å². The molecule has 3 aromatic rings. The maximum absolute atomic E-state index is 12.8. The first kappa shape index (κ1) is 30.0. The van der Waals surface area contributed by atoms with Gasteiger partial charge in [-0.25, -0.2) is 13.4 Å². The molecule has 1 N–H and O–H groups in total. The number of nitrogens with one attached hydrogen (secondary N) is 1. The highest BCUT2D eigenvalue weighted by Gasteiger charge is 2.51. The van der Waals surface area contributed by atoms with Crippen LogP contribution in [0.2, 0.25) is 0 Å². The van der Waals surface area contributed by atoms with E-state index >= 15 is 0 Å². The lowest BCUT2D eigenvalue weighted by Gasteiger charge is -2.26. The standard InChI is InChI=1S/C32H38N2O7S/c1-39-29(35)17-12-22-8-3-4-9-23(22)19-25-27-15-16-28(41-27)30(25)32-34-26(20-40-32)31(36)33-18-6-5-7-21-10-13-24(14-11-21)42(2,37)38/h3-4,8-11,13-14,20,25,27-28,30H,5-7,12,15-19H2,1-2H3,(H,33,36)/t25-,27-,28+,30-/m0/s1. The molecule has 2 bridgehead atoms. The summed E-state index contributed by atoms with van der Waals surface area (Å²) in [6.07, 6.45) is 8.86. The number of hydrogen-bond acceptors (Lipinski definition) is 8. The van der Waals surface area contributed by atoms with E-state index in [1.54, 1.807) is 12.1 Å². The van der Waals surface area contributed by atoms with E-state index in [0.717, 1.165) is 49.7 Å². The maximum Gasteiger partial charge on any atom is 0.305 e. The van der Waals surface area contributed by atoms with Crippen LogP contribution in [0.4, 0.5) is 0 Å². The molecular weight excluding hydrogens is 556 g/mol. The number of amides is 1. The van der Waals surface area contributed by atoms with E-state index in [2.05, 4.69) is 22.4 Å². The molecule has 1 amide bonds. The molecule has 3 heterocycles. The Morgan fingerprint density at radius 1 is 1.00 bits per heavy atom. The molecular formula is C32H38N2O7S. The molecule has 2 aliphatic heterocycles. The summed E-state index contributed by atoms with van der Waals surface area (Å²) in [6, 6.07) is 15.1. The van der Waals surface area contributed by atoms with Gasteiger partial charge in [0.25, 0.3) is 5.91 Å². The lowest BCUT2D eigenvalue weighted by atomic mass is 9.75. The molecule has 42 heavy (non-hydrogen) atoms. The van der Waals surface area contributed by atoms with E-state index in [-0.39, 0.29) is 41.6 Å². The number of benzene rings is 2. The number of aromatic nitrogens is 1. The Morgan fingerprint density at radius 2 is 1.74 bits per heavy atom. The summed E-state index contributed by atoms with van der Waals surface area (Å²) in [5.41, 5.74) is 3.64. The van der Waals surface area contributed by atoms with Gasteiger partial charge in [0.15, 0.2) is 15.5 Å². The number of unbranched alkanes of at least 4 members (excludes halogenated alkanes) is 1. The lowest BCUT2D eigenvalue weighted by Crippen LogP contribution is -2.28. The number of rotatable bonds is 13. The van der Waals surface area contributed by atoms with Crippen LogP contribution in [0, 0.1) is 5.92 Å². The minimum atomic E-state index is -3.20. The Morgan fingerprint density at radius 3 is 2.48 bits per heavy atom. The molecule has 10 heteroatoms. The van der Waals surface area contributed by atoms with Crippen molar-refractivity contribution >= 4 is 21.7 Å². The molecule has 224 valence electrons. The lowest BCUT2D eigenvalue weighted by molar-refractivity contribution is -0.140. The second-order valence-electron chi connectivity index (χ2n) is 11.2. The molecule has 0 saturated carbocycles. The van der Waals surface area contributed by atoms with Crippen molar-refractivity contribution in [3.8, 4) is 0 Å². The quantitative estimate of drug-likeness (QED) is 0.228. The van der Waals surface area contributed by atoms with Crippen LogP contribution >= 0.6 is 0 Å². The van der Waals surface area contributed by atoms with Crippen molar-refractivity contribution in [3.05, 3.63) is 83.1 Å². The van der Waals surface area contributed by atoms with Gasteiger partial charge >= 0.3 is 5.97 Å². The Kier molecular flexibility index (Phi) is 9.43. The van der Waals surface area contributed by atoms with E-state index < -0.39 is 9.84 Å². The molecule has 2 fully saturated rings. The Bertz CT molecular complexity index is 1500. The summed E-state index contributed by atoms with van der Waals surface area (Å²) in [4.78, 5) is 29.4. The number of esters is 1. The molecule has 2 aliphatic rings. The molecule has 9 nitrogen and oxygen atoms in total. The monoisotopic (exact) mass is 594 g/mol. The van der Waals surface area contributed by atoms with Crippen LogP contribution in [0.25, 0.3) is 0 Å². The number of carbonyl (C=O) groups excluding carboxylic acids is 2. The number of sulfone groups is 1. The van der Waals surface area contributed by atoms with Gasteiger partial charge in [-0.15, -0.1) is 0 Å². The number of methoxy groups -OCH3 is 1. The van der Waals surface area contributed by atoms with Crippen LogP contribution in [0.15, 0.2) is 64.1 Å². The minimum absolute atomic E-state index is 0.0169. The average molecular weight is 595 g/mol. The molecule has 2 saturated heterocycles. The number of oxazole rings is 1. The molecule has 0 spiro atoms. The molecule has 0 aliphatic carbocycles. The summed E-state index contributed by atoms with van der Waals surface area (Å²) in [5, 5.41) is 2.93. The van der Waals surface area contributed by atoms with Crippen LogP contribution in [0.1, 0.15) is 71.1 Å². The zero-order chi connectivity index (χ0) is 29.7. The summed E-state index contributed by atoms with van der Waals surface area (Å²) >= 11 is 0. The van der Waals surface area contributed by atoms with Crippen LogP contribution in [0.3, 0.4) is 0 Å². The maximum atomic E-state index is 12.8. The van der Waals surface area contributed by atoms with E-state index in [9.17, 15) is 18.0 Å². The van der Waals surface area contributed by atoms with E-state index in [1.165, 1.54) is 25.2 Å². The topological polar surface area (TPSA) is 125 Å². The largest absolute Gasteiger partial charge is 0.469 e. The van der Waals surface area contributed by atoms with Gasteiger partial charge < -0.3 is 19.2 Å². The zero-order valence-corrected chi connectivity index (χ0v) is 24.9. The fourth-order valence-electron chi connectivity index (χ4n) is 6.16. The van der Waals surface area contributed by atoms with Gasteiger partial charge in [-0.2, -0.15) is 0 Å². The van der Waals surface area contributed by atoms with Crippen LogP contribution in [0.5, 0.6) is 0 Å². The zero-order valence-electron chi connectivity index (χ0n) is 24.1. The highest BCUT2D eigenvalue weighted by Crippen LogP contribution is 2.50. The van der Waals surface area contributed by atoms with Crippen molar-refractivity contribution in [1.29, 1.82) is 0 Å². The van der Waals surface area contributed by atoms with Crippen molar-refractivity contribution < 1.29 is 31.9 Å². The Labute approximate surface area is 246 Å².